The first-order valence-electron chi connectivity index (χ1n) is 7.30. The van der Waals surface area contributed by atoms with Crippen molar-refractivity contribution in [2.24, 2.45) is 5.41 Å². The summed E-state index contributed by atoms with van der Waals surface area (Å²) < 4.78 is 10.1. The summed E-state index contributed by atoms with van der Waals surface area (Å²) in [4.78, 5) is 24.6. The van der Waals surface area contributed by atoms with E-state index in [-0.39, 0.29) is 19.6 Å². The third-order valence-corrected chi connectivity index (χ3v) is 3.17. The Labute approximate surface area is 121 Å². The quantitative estimate of drug-likeness (QED) is 0.521. The van der Waals surface area contributed by atoms with Gasteiger partial charge in [0.1, 0.15) is 0 Å². The molecule has 0 amide bonds. The second kappa shape index (κ2) is 8.25. The molecule has 20 heavy (non-hydrogen) atoms. The van der Waals surface area contributed by atoms with Crippen LogP contribution in [0.4, 0.5) is 0 Å². The molecule has 0 aromatic carbocycles. The Hall–Kier alpha value is -1.10. The van der Waals surface area contributed by atoms with Gasteiger partial charge in [0.25, 0.3) is 0 Å². The Bertz CT molecular complexity index is 299. The van der Waals surface area contributed by atoms with E-state index in [0.717, 1.165) is 0 Å². The SMILES string of the molecule is CCCC(CCC(C)(C)O)(C(=O)OCC)C(=O)OCC. The number of ether oxygens (including phenoxy) is 2. The highest BCUT2D eigenvalue weighted by Crippen LogP contribution is 2.35. The molecule has 0 saturated carbocycles. The van der Waals surface area contributed by atoms with Crippen molar-refractivity contribution < 1.29 is 24.2 Å². The van der Waals surface area contributed by atoms with Gasteiger partial charge in [-0.15, -0.1) is 0 Å². The lowest BCUT2D eigenvalue weighted by Crippen LogP contribution is -2.43. The first kappa shape index (κ1) is 18.9. The van der Waals surface area contributed by atoms with Crippen LogP contribution in [0.1, 0.15) is 60.3 Å². The minimum atomic E-state index is -1.30. The smallest absolute Gasteiger partial charge is 0.323 e. The van der Waals surface area contributed by atoms with Gasteiger partial charge in [0.15, 0.2) is 5.41 Å². The largest absolute Gasteiger partial charge is 0.465 e. The summed E-state index contributed by atoms with van der Waals surface area (Å²) >= 11 is 0. The van der Waals surface area contributed by atoms with E-state index in [1.54, 1.807) is 27.7 Å². The highest BCUT2D eigenvalue weighted by atomic mass is 16.6. The molecule has 0 aromatic rings. The molecule has 1 N–H and O–H groups in total. The number of rotatable bonds is 9. The zero-order valence-corrected chi connectivity index (χ0v) is 13.3. The van der Waals surface area contributed by atoms with Gasteiger partial charge in [-0.05, 0) is 47.0 Å². The van der Waals surface area contributed by atoms with Crippen molar-refractivity contribution in [3.8, 4) is 0 Å². The number of aliphatic hydroxyl groups is 1. The van der Waals surface area contributed by atoms with Crippen molar-refractivity contribution in [1.29, 1.82) is 0 Å². The molecule has 0 aromatic heterocycles. The second-order valence-electron chi connectivity index (χ2n) is 5.59. The van der Waals surface area contributed by atoms with Crippen LogP contribution in [0.25, 0.3) is 0 Å². The van der Waals surface area contributed by atoms with Crippen LogP contribution in [-0.4, -0.2) is 35.9 Å². The number of carbonyl (C=O) groups is 2. The van der Waals surface area contributed by atoms with Crippen molar-refractivity contribution in [1.82, 2.24) is 0 Å². The van der Waals surface area contributed by atoms with Gasteiger partial charge in [-0.3, -0.25) is 9.59 Å². The monoisotopic (exact) mass is 288 g/mol. The highest BCUT2D eigenvalue weighted by molar-refractivity contribution is 6.00. The normalized spacial score (nSPS) is 12.1. The summed E-state index contributed by atoms with van der Waals surface area (Å²) in [6.45, 7) is 9.04. The molecule has 0 aliphatic heterocycles. The minimum absolute atomic E-state index is 0.215. The van der Waals surface area contributed by atoms with E-state index in [4.69, 9.17) is 9.47 Å². The standard InChI is InChI=1S/C15H28O5/c1-6-9-15(12(16)19-7-2,13(17)20-8-3)11-10-14(4,5)18/h18H,6-11H2,1-5H3. The van der Waals surface area contributed by atoms with Crippen LogP contribution in [0.5, 0.6) is 0 Å². The van der Waals surface area contributed by atoms with Gasteiger partial charge in [-0.2, -0.15) is 0 Å². The zero-order chi connectivity index (χ0) is 15.8. The third-order valence-electron chi connectivity index (χ3n) is 3.17. The van der Waals surface area contributed by atoms with Gasteiger partial charge in [0, 0.05) is 0 Å². The summed E-state index contributed by atoms with van der Waals surface area (Å²) in [5.74, 6) is -1.10. The van der Waals surface area contributed by atoms with Crippen LogP contribution in [0, 0.1) is 5.41 Å². The van der Waals surface area contributed by atoms with E-state index >= 15 is 0 Å². The van der Waals surface area contributed by atoms with Gasteiger partial charge >= 0.3 is 11.9 Å². The van der Waals surface area contributed by atoms with Crippen molar-refractivity contribution in [3.05, 3.63) is 0 Å². The van der Waals surface area contributed by atoms with Gasteiger partial charge in [0.05, 0.1) is 18.8 Å². The Morgan fingerprint density at radius 1 is 0.900 bits per heavy atom. The molecular formula is C15H28O5. The average Bonchev–Trinajstić information content (AvgIpc) is 2.33. The third kappa shape index (κ3) is 5.49. The van der Waals surface area contributed by atoms with E-state index < -0.39 is 23.0 Å². The summed E-state index contributed by atoms with van der Waals surface area (Å²) in [7, 11) is 0. The molecule has 0 spiro atoms. The molecule has 0 heterocycles. The number of hydrogen-bond donors (Lipinski definition) is 1. The van der Waals surface area contributed by atoms with E-state index in [0.29, 0.717) is 19.3 Å². The lowest BCUT2D eigenvalue weighted by Gasteiger charge is -2.31. The Morgan fingerprint density at radius 2 is 1.35 bits per heavy atom. The molecule has 0 bridgehead atoms. The van der Waals surface area contributed by atoms with Crippen LogP contribution in [0.2, 0.25) is 0 Å². The number of esters is 2. The molecule has 5 nitrogen and oxygen atoms in total. The van der Waals surface area contributed by atoms with Crippen molar-refractivity contribution >= 4 is 11.9 Å². The summed E-state index contributed by atoms with van der Waals surface area (Å²) in [5, 5.41) is 9.87. The Kier molecular flexibility index (Phi) is 7.79. The molecule has 0 radical (unpaired) electrons. The number of hydrogen-bond acceptors (Lipinski definition) is 5. The second-order valence-corrected chi connectivity index (χ2v) is 5.59. The minimum Gasteiger partial charge on any atom is -0.465 e. The molecule has 0 aliphatic rings. The first-order chi connectivity index (χ1) is 9.23. The summed E-state index contributed by atoms with van der Waals surface area (Å²) in [6.07, 6.45) is 1.57. The molecule has 0 fully saturated rings. The molecule has 0 atom stereocenters. The molecule has 5 heteroatoms. The zero-order valence-electron chi connectivity index (χ0n) is 13.3. The molecule has 118 valence electrons. The molecule has 0 unspecified atom stereocenters. The van der Waals surface area contributed by atoms with Crippen LogP contribution < -0.4 is 0 Å². The Balaban J connectivity index is 5.31. The maximum Gasteiger partial charge on any atom is 0.323 e. The lowest BCUT2D eigenvalue weighted by atomic mass is 9.77. The fourth-order valence-electron chi connectivity index (χ4n) is 2.10. The number of carbonyl (C=O) groups excluding carboxylic acids is 2. The molecule has 0 rings (SSSR count). The predicted octanol–water partition coefficient (Wildman–Crippen LogP) is 2.45. The topological polar surface area (TPSA) is 72.8 Å². The van der Waals surface area contributed by atoms with Gasteiger partial charge in [-0.1, -0.05) is 13.3 Å². The van der Waals surface area contributed by atoms with Crippen molar-refractivity contribution in [3.63, 3.8) is 0 Å². The molecule has 0 saturated heterocycles. The fourth-order valence-corrected chi connectivity index (χ4v) is 2.10. The van der Waals surface area contributed by atoms with Crippen LogP contribution in [-0.2, 0) is 19.1 Å². The van der Waals surface area contributed by atoms with Gasteiger partial charge < -0.3 is 14.6 Å². The van der Waals surface area contributed by atoms with Crippen molar-refractivity contribution in [2.75, 3.05) is 13.2 Å². The van der Waals surface area contributed by atoms with E-state index in [9.17, 15) is 14.7 Å². The first-order valence-corrected chi connectivity index (χ1v) is 7.30. The predicted molar refractivity (Wildman–Crippen MR) is 76.1 cm³/mol. The maximum absolute atomic E-state index is 12.3. The molecule has 0 aliphatic carbocycles. The van der Waals surface area contributed by atoms with E-state index in [1.165, 1.54) is 0 Å². The van der Waals surface area contributed by atoms with E-state index in [2.05, 4.69) is 0 Å². The maximum atomic E-state index is 12.3. The summed E-state index contributed by atoms with van der Waals surface area (Å²) in [6, 6.07) is 0. The summed E-state index contributed by atoms with van der Waals surface area (Å²) in [5.41, 5.74) is -2.25. The van der Waals surface area contributed by atoms with Crippen LogP contribution >= 0.6 is 0 Å². The Morgan fingerprint density at radius 3 is 1.65 bits per heavy atom. The highest BCUT2D eigenvalue weighted by Gasteiger charge is 2.48. The van der Waals surface area contributed by atoms with E-state index in [1.807, 2.05) is 6.92 Å². The van der Waals surface area contributed by atoms with Gasteiger partial charge in [0.2, 0.25) is 0 Å². The molecular weight excluding hydrogens is 260 g/mol. The average molecular weight is 288 g/mol. The van der Waals surface area contributed by atoms with Crippen molar-refractivity contribution in [2.45, 2.75) is 65.9 Å². The lowest BCUT2D eigenvalue weighted by molar-refractivity contribution is -0.174. The van der Waals surface area contributed by atoms with Crippen LogP contribution in [0.3, 0.4) is 0 Å². The van der Waals surface area contributed by atoms with Gasteiger partial charge in [-0.25, -0.2) is 0 Å². The van der Waals surface area contributed by atoms with Crippen LogP contribution in [0.15, 0.2) is 0 Å². The fraction of sp³-hybridized carbons (Fsp3) is 0.867.